The van der Waals surface area contributed by atoms with Crippen LogP contribution in [-0.2, 0) is 22.7 Å². The van der Waals surface area contributed by atoms with Crippen LogP contribution in [0.3, 0.4) is 0 Å². The Morgan fingerprint density at radius 2 is 1.79 bits per heavy atom. The van der Waals surface area contributed by atoms with E-state index in [2.05, 4.69) is 4.84 Å². The van der Waals surface area contributed by atoms with Gasteiger partial charge in [-0.05, 0) is 11.1 Å². The largest absolute Gasteiger partial charge is 0.481 e. The predicted octanol–water partition coefficient (Wildman–Crippen LogP) is 1.28. The Morgan fingerprint density at radius 1 is 1.29 bits per heavy atom. The molecule has 0 spiro atoms. The lowest BCUT2D eigenvalue weighted by Crippen LogP contribution is -2.01. The van der Waals surface area contributed by atoms with Crippen molar-refractivity contribution >= 4 is 23.0 Å². The first-order valence-electron chi connectivity index (χ1n) is 3.83. The van der Waals surface area contributed by atoms with Crippen molar-refractivity contribution in [1.82, 2.24) is 0 Å². The first-order valence-corrected chi connectivity index (χ1v) is 3.83. The van der Waals surface area contributed by atoms with Gasteiger partial charge in [0.1, 0.15) is 0 Å². The minimum atomic E-state index is -0.831. The van der Waals surface area contributed by atoms with Gasteiger partial charge in [-0.2, -0.15) is 0 Å². The van der Waals surface area contributed by atoms with Crippen LogP contribution in [0, 0.1) is 0 Å². The van der Waals surface area contributed by atoms with Crippen LogP contribution in [0.5, 0.6) is 0 Å². The van der Waals surface area contributed by atoms with E-state index in [0.29, 0.717) is 6.61 Å². The van der Waals surface area contributed by atoms with Crippen molar-refractivity contribution in [2.24, 2.45) is 5.90 Å². The van der Waals surface area contributed by atoms with Crippen LogP contribution >= 0.6 is 17.0 Å². The van der Waals surface area contributed by atoms with Gasteiger partial charge in [0.25, 0.3) is 0 Å². The molecule has 0 aromatic heterocycles. The lowest BCUT2D eigenvalue weighted by molar-refractivity contribution is -0.136. The highest BCUT2D eigenvalue weighted by Gasteiger charge is 1.99. The van der Waals surface area contributed by atoms with Crippen LogP contribution in [0.2, 0.25) is 0 Å². The molecule has 1 aromatic rings. The van der Waals surface area contributed by atoms with Crippen molar-refractivity contribution in [3.8, 4) is 0 Å². The molecule has 14 heavy (non-hydrogen) atoms. The number of rotatable bonds is 4. The van der Waals surface area contributed by atoms with Gasteiger partial charge in [0, 0.05) is 0 Å². The standard InChI is InChI=1S/C9H11NO3.BrH/c10-13-6-8-3-1-7(2-4-8)5-9(11)12;/h1-4H,5-6,10H2,(H,11,12);1H. The van der Waals surface area contributed by atoms with Crippen LogP contribution in [0.1, 0.15) is 11.1 Å². The summed E-state index contributed by atoms with van der Waals surface area (Å²) in [6.07, 6.45) is 0.0454. The van der Waals surface area contributed by atoms with E-state index in [1.807, 2.05) is 0 Å². The van der Waals surface area contributed by atoms with Crippen LogP contribution in [0.15, 0.2) is 24.3 Å². The van der Waals surface area contributed by atoms with E-state index in [9.17, 15) is 4.79 Å². The molecular formula is C9H12BrNO3. The quantitative estimate of drug-likeness (QED) is 0.802. The Hall–Kier alpha value is -0.910. The molecule has 78 valence electrons. The zero-order chi connectivity index (χ0) is 9.68. The van der Waals surface area contributed by atoms with Gasteiger partial charge < -0.3 is 5.11 Å². The lowest BCUT2D eigenvalue weighted by atomic mass is 10.1. The van der Waals surface area contributed by atoms with Crippen molar-refractivity contribution in [1.29, 1.82) is 0 Å². The van der Waals surface area contributed by atoms with E-state index in [1.54, 1.807) is 24.3 Å². The van der Waals surface area contributed by atoms with E-state index >= 15 is 0 Å². The Kier molecular flexibility index (Phi) is 6.11. The number of nitrogens with two attached hydrogens (primary N) is 1. The Morgan fingerprint density at radius 3 is 2.21 bits per heavy atom. The molecule has 0 aliphatic carbocycles. The molecule has 0 aliphatic rings. The molecule has 0 unspecified atom stereocenters. The van der Waals surface area contributed by atoms with Crippen molar-refractivity contribution in [2.75, 3.05) is 0 Å². The molecule has 0 amide bonds. The van der Waals surface area contributed by atoms with Crippen LogP contribution in [0.4, 0.5) is 0 Å². The van der Waals surface area contributed by atoms with Gasteiger partial charge in [-0.15, -0.1) is 17.0 Å². The van der Waals surface area contributed by atoms with Gasteiger partial charge in [-0.25, -0.2) is 5.90 Å². The summed E-state index contributed by atoms with van der Waals surface area (Å²) in [4.78, 5) is 14.8. The van der Waals surface area contributed by atoms with E-state index in [0.717, 1.165) is 11.1 Å². The fraction of sp³-hybridized carbons (Fsp3) is 0.222. The normalized spacial score (nSPS) is 9.21. The molecule has 5 heteroatoms. The van der Waals surface area contributed by atoms with Gasteiger partial charge in [0.05, 0.1) is 13.0 Å². The molecular weight excluding hydrogens is 250 g/mol. The van der Waals surface area contributed by atoms with Crippen LogP contribution in [0.25, 0.3) is 0 Å². The molecule has 0 bridgehead atoms. The number of carboxylic acid groups (broad SMARTS) is 1. The summed E-state index contributed by atoms with van der Waals surface area (Å²) < 4.78 is 0. The summed E-state index contributed by atoms with van der Waals surface area (Å²) in [6, 6.07) is 7.10. The molecule has 0 saturated heterocycles. The first kappa shape index (κ1) is 13.1. The van der Waals surface area contributed by atoms with E-state index in [-0.39, 0.29) is 23.4 Å². The second-order valence-electron chi connectivity index (χ2n) is 2.70. The van der Waals surface area contributed by atoms with Crippen molar-refractivity contribution in [3.63, 3.8) is 0 Å². The zero-order valence-electron chi connectivity index (χ0n) is 7.47. The third-order valence-electron chi connectivity index (χ3n) is 1.63. The zero-order valence-corrected chi connectivity index (χ0v) is 9.19. The second kappa shape index (κ2) is 6.53. The molecule has 1 rings (SSSR count). The summed E-state index contributed by atoms with van der Waals surface area (Å²) in [5.41, 5.74) is 1.70. The molecule has 4 nitrogen and oxygen atoms in total. The number of carbonyl (C=O) groups is 1. The molecule has 3 N–H and O–H groups in total. The Bertz CT molecular complexity index is 287. The summed E-state index contributed by atoms with van der Waals surface area (Å²) in [5, 5.41) is 8.49. The predicted molar refractivity (Wildman–Crippen MR) is 57.1 cm³/mol. The smallest absolute Gasteiger partial charge is 0.307 e. The van der Waals surface area contributed by atoms with Gasteiger partial charge in [-0.1, -0.05) is 24.3 Å². The molecule has 0 saturated carbocycles. The Balaban J connectivity index is 0.00000169. The fourth-order valence-corrected chi connectivity index (χ4v) is 1.02. The molecule has 0 fully saturated rings. The molecule has 0 heterocycles. The number of hydrogen-bond acceptors (Lipinski definition) is 3. The summed E-state index contributed by atoms with van der Waals surface area (Å²) in [5.74, 6) is 4.05. The highest BCUT2D eigenvalue weighted by molar-refractivity contribution is 8.93. The first-order chi connectivity index (χ1) is 6.22. The number of aliphatic carboxylic acids is 1. The van der Waals surface area contributed by atoms with E-state index in [1.165, 1.54) is 0 Å². The molecule has 0 radical (unpaired) electrons. The summed E-state index contributed by atoms with van der Waals surface area (Å²) in [6.45, 7) is 0.341. The molecule has 1 aromatic carbocycles. The van der Waals surface area contributed by atoms with Gasteiger partial charge in [0.15, 0.2) is 0 Å². The van der Waals surface area contributed by atoms with E-state index < -0.39 is 5.97 Å². The topological polar surface area (TPSA) is 72.5 Å². The highest BCUT2D eigenvalue weighted by Crippen LogP contribution is 2.05. The number of carboxylic acids is 1. The number of benzene rings is 1. The van der Waals surface area contributed by atoms with Crippen molar-refractivity contribution < 1.29 is 14.7 Å². The lowest BCUT2D eigenvalue weighted by Gasteiger charge is -2.00. The highest BCUT2D eigenvalue weighted by atomic mass is 79.9. The third kappa shape index (κ3) is 4.36. The minimum Gasteiger partial charge on any atom is -0.481 e. The maximum atomic E-state index is 10.3. The van der Waals surface area contributed by atoms with Gasteiger partial charge in [-0.3, -0.25) is 9.63 Å². The van der Waals surface area contributed by atoms with Crippen molar-refractivity contribution in [3.05, 3.63) is 35.4 Å². The monoisotopic (exact) mass is 261 g/mol. The summed E-state index contributed by atoms with van der Waals surface area (Å²) >= 11 is 0. The fourth-order valence-electron chi connectivity index (χ4n) is 1.02. The van der Waals surface area contributed by atoms with Gasteiger partial charge in [0.2, 0.25) is 0 Å². The summed E-state index contributed by atoms with van der Waals surface area (Å²) in [7, 11) is 0. The van der Waals surface area contributed by atoms with E-state index in [4.69, 9.17) is 11.0 Å². The van der Waals surface area contributed by atoms with Crippen LogP contribution < -0.4 is 5.90 Å². The van der Waals surface area contributed by atoms with Crippen LogP contribution in [-0.4, -0.2) is 11.1 Å². The third-order valence-corrected chi connectivity index (χ3v) is 1.63. The molecule has 0 aliphatic heterocycles. The average molecular weight is 262 g/mol. The minimum absolute atomic E-state index is 0. The number of hydrogen-bond donors (Lipinski definition) is 2. The van der Waals surface area contributed by atoms with Crippen molar-refractivity contribution in [2.45, 2.75) is 13.0 Å². The molecule has 0 atom stereocenters. The number of halogens is 1. The SMILES string of the molecule is Br.NOCc1ccc(CC(=O)O)cc1. The maximum absolute atomic E-state index is 10.3. The maximum Gasteiger partial charge on any atom is 0.307 e. The Labute approximate surface area is 92.4 Å². The second-order valence-corrected chi connectivity index (χ2v) is 2.70. The average Bonchev–Trinajstić information content (AvgIpc) is 2.08. The van der Waals surface area contributed by atoms with Gasteiger partial charge >= 0.3 is 5.97 Å².